The smallest absolute Gasteiger partial charge is 0.260 e. The Morgan fingerprint density at radius 3 is 2.70 bits per heavy atom. The molecule has 0 radical (unpaired) electrons. The minimum atomic E-state index is -0.265. The third kappa shape index (κ3) is 3.38. The van der Waals surface area contributed by atoms with Gasteiger partial charge in [-0.05, 0) is 29.0 Å². The van der Waals surface area contributed by atoms with E-state index in [9.17, 15) is 15.0 Å². The van der Waals surface area contributed by atoms with Gasteiger partial charge in [0.15, 0.2) is 6.61 Å². The number of aliphatic hydroxyl groups excluding tert-OH is 1. The van der Waals surface area contributed by atoms with Gasteiger partial charge in [0.05, 0.1) is 19.8 Å². The summed E-state index contributed by atoms with van der Waals surface area (Å²) < 4.78 is 10.8. The first-order valence-electron chi connectivity index (χ1n) is 7.53. The maximum absolute atomic E-state index is 12.1. The zero-order valence-corrected chi connectivity index (χ0v) is 12.7. The molecule has 3 rings (SSSR count). The monoisotopic (exact) mass is 317 g/mol. The minimum absolute atomic E-state index is 0.0429. The van der Waals surface area contributed by atoms with Crippen molar-refractivity contribution in [3.05, 3.63) is 35.9 Å². The molecule has 0 spiro atoms. The standard InChI is InChI=1S/C17H19NO5/c19-10-15-14-9-13(3-1-12(14)2-4-16(15)20)23-11-17(21)18-5-7-22-8-6-18/h1-4,9,19-20H,5-8,10-11H2. The molecule has 23 heavy (non-hydrogen) atoms. The zero-order chi connectivity index (χ0) is 16.2. The zero-order valence-electron chi connectivity index (χ0n) is 12.7. The first-order chi connectivity index (χ1) is 11.2. The molecule has 6 heteroatoms. The summed E-state index contributed by atoms with van der Waals surface area (Å²) in [6.45, 7) is 1.98. The third-order valence-corrected chi connectivity index (χ3v) is 3.96. The molecule has 1 aliphatic rings. The third-order valence-electron chi connectivity index (χ3n) is 3.96. The van der Waals surface area contributed by atoms with E-state index >= 15 is 0 Å². The number of aromatic hydroxyl groups is 1. The summed E-state index contributed by atoms with van der Waals surface area (Å²) in [6.07, 6.45) is 0. The summed E-state index contributed by atoms with van der Waals surface area (Å²) in [6, 6.07) is 8.66. The highest BCUT2D eigenvalue weighted by atomic mass is 16.5. The summed E-state index contributed by atoms with van der Waals surface area (Å²) in [5.74, 6) is 0.493. The molecule has 1 aliphatic heterocycles. The molecule has 122 valence electrons. The van der Waals surface area contributed by atoms with E-state index in [1.165, 1.54) is 0 Å². The van der Waals surface area contributed by atoms with Gasteiger partial charge in [0, 0.05) is 18.7 Å². The number of ether oxygens (including phenoxy) is 2. The lowest BCUT2D eigenvalue weighted by Crippen LogP contribution is -2.42. The number of rotatable bonds is 4. The molecule has 0 aromatic heterocycles. The summed E-state index contributed by atoms with van der Waals surface area (Å²) in [7, 11) is 0. The maximum atomic E-state index is 12.1. The molecule has 0 unspecified atom stereocenters. The predicted molar refractivity (Wildman–Crippen MR) is 84.4 cm³/mol. The van der Waals surface area contributed by atoms with Crippen molar-refractivity contribution in [2.75, 3.05) is 32.9 Å². The van der Waals surface area contributed by atoms with Crippen LogP contribution in [0.15, 0.2) is 30.3 Å². The van der Waals surface area contributed by atoms with Crippen LogP contribution in [0, 0.1) is 0 Å². The first kappa shape index (κ1) is 15.6. The van der Waals surface area contributed by atoms with E-state index in [1.807, 2.05) is 6.07 Å². The van der Waals surface area contributed by atoms with Crippen LogP contribution >= 0.6 is 0 Å². The highest BCUT2D eigenvalue weighted by molar-refractivity contribution is 5.89. The number of hydrogen-bond acceptors (Lipinski definition) is 5. The number of benzene rings is 2. The lowest BCUT2D eigenvalue weighted by molar-refractivity contribution is -0.137. The highest BCUT2D eigenvalue weighted by Gasteiger charge is 2.17. The van der Waals surface area contributed by atoms with E-state index < -0.39 is 0 Å². The molecular weight excluding hydrogens is 298 g/mol. The van der Waals surface area contributed by atoms with Crippen molar-refractivity contribution >= 4 is 16.7 Å². The van der Waals surface area contributed by atoms with Crippen LogP contribution in [0.3, 0.4) is 0 Å². The molecule has 1 heterocycles. The van der Waals surface area contributed by atoms with Crippen molar-refractivity contribution in [2.24, 2.45) is 0 Å². The van der Waals surface area contributed by atoms with Crippen LogP contribution in [0.4, 0.5) is 0 Å². The predicted octanol–water partition coefficient (Wildman–Crippen LogP) is 1.28. The molecule has 1 saturated heterocycles. The van der Waals surface area contributed by atoms with Crippen LogP contribution in [-0.4, -0.2) is 53.9 Å². The van der Waals surface area contributed by atoms with Gasteiger partial charge in [0.2, 0.25) is 0 Å². The van der Waals surface area contributed by atoms with E-state index in [2.05, 4.69) is 0 Å². The van der Waals surface area contributed by atoms with E-state index in [-0.39, 0.29) is 24.9 Å². The number of carbonyl (C=O) groups excluding carboxylic acids is 1. The maximum Gasteiger partial charge on any atom is 0.260 e. The van der Waals surface area contributed by atoms with Crippen LogP contribution in [0.1, 0.15) is 5.56 Å². The Morgan fingerprint density at radius 2 is 1.96 bits per heavy atom. The number of carbonyl (C=O) groups is 1. The quantitative estimate of drug-likeness (QED) is 0.888. The van der Waals surface area contributed by atoms with Crippen molar-refractivity contribution in [3.63, 3.8) is 0 Å². The van der Waals surface area contributed by atoms with Gasteiger partial charge in [-0.1, -0.05) is 12.1 Å². The SMILES string of the molecule is O=C(COc1ccc2ccc(O)c(CO)c2c1)N1CCOCC1. The fourth-order valence-corrected chi connectivity index (χ4v) is 2.65. The molecule has 1 fully saturated rings. The number of fused-ring (bicyclic) bond motifs is 1. The molecule has 1 amide bonds. The number of aliphatic hydroxyl groups is 1. The van der Waals surface area contributed by atoms with Gasteiger partial charge < -0.3 is 24.6 Å². The Labute approximate surface area is 133 Å². The minimum Gasteiger partial charge on any atom is -0.508 e. The molecular formula is C17H19NO5. The number of phenols is 1. The Morgan fingerprint density at radius 1 is 1.22 bits per heavy atom. The summed E-state index contributed by atoms with van der Waals surface area (Å²) in [5.41, 5.74) is 0.451. The highest BCUT2D eigenvalue weighted by Crippen LogP contribution is 2.30. The molecule has 2 N–H and O–H groups in total. The van der Waals surface area contributed by atoms with Gasteiger partial charge in [-0.2, -0.15) is 0 Å². The molecule has 2 aromatic rings. The lowest BCUT2D eigenvalue weighted by Gasteiger charge is -2.26. The van der Waals surface area contributed by atoms with Crippen LogP contribution in [-0.2, 0) is 16.1 Å². The summed E-state index contributed by atoms with van der Waals surface area (Å²) in [4.78, 5) is 13.8. The van der Waals surface area contributed by atoms with E-state index in [1.54, 1.807) is 29.2 Å². The van der Waals surface area contributed by atoms with Gasteiger partial charge in [-0.25, -0.2) is 0 Å². The van der Waals surface area contributed by atoms with Gasteiger partial charge in [-0.3, -0.25) is 4.79 Å². The second-order valence-electron chi connectivity index (χ2n) is 5.39. The van der Waals surface area contributed by atoms with Crippen LogP contribution in [0.5, 0.6) is 11.5 Å². The number of amides is 1. The Bertz CT molecular complexity index is 709. The first-order valence-corrected chi connectivity index (χ1v) is 7.53. The van der Waals surface area contributed by atoms with Gasteiger partial charge >= 0.3 is 0 Å². The Kier molecular flexibility index (Phi) is 4.64. The van der Waals surface area contributed by atoms with Gasteiger partial charge in [0.1, 0.15) is 11.5 Å². The molecule has 0 saturated carbocycles. The number of hydrogen-bond donors (Lipinski definition) is 2. The molecule has 0 atom stereocenters. The van der Waals surface area contributed by atoms with Gasteiger partial charge in [-0.15, -0.1) is 0 Å². The van der Waals surface area contributed by atoms with Crippen LogP contribution in [0.2, 0.25) is 0 Å². The molecule has 0 aliphatic carbocycles. The number of morpholine rings is 1. The molecule has 2 aromatic carbocycles. The average molecular weight is 317 g/mol. The molecule has 0 bridgehead atoms. The normalized spacial score (nSPS) is 14.9. The van der Waals surface area contributed by atoms with Crippen molar-refractivity contribution in [2.45, 2.75) is 6.61 Å². The fraction of sp³-hybridized carbons (Fsp3) is 0.353. The average Bonchev–Trinajstić information content (AvgIpc) is 2.60. The van der Waals surface area contributed by atoms with Crippen LogP contribution in [0.25, 0.3) is 10.8 Å². The van der Waals surface area contributed by atoms with Crippen molar-refractivity contribution in [3.8, 4) is 11.5 Å². The van der Waals surface area contributed by atoms with Crippen molar-refractivity contribution in [1.29, 1.82) is 0 Å². The number of nitrogens with zero attached hydrogens (tertiary/aromatic N) is 1. The van der Waals surface area contributed by atoms with Gasteiger partial charge in [0.25, 0.3) is 5.91 Å². The second-order valence-corrected chi connectivity index (χ2v) is 5.39. The lowest BCUT2D eigenvalue weighted by atomic mass is 10.0. The summed E-state index contributed by atoms with van der Waals surface area (Å²) >= 11 is 0. The second kappa shape index (κ2) is 6.85. The fourth-order valence-electron chi connectivity index (χ4n) is 2.65. The largest absolute Gasteiger partial charge is 0.508 e. The topological polar surface area (TPSA) is 79.2 Å². The van der Waals surface area contributed by atoms with Crippen molar-refractivity contribution in [1.82, 2.24) is 4.90 Å². The van der Waals surface area contributed by atoms with E-state index in [0.717, 1.165) is 5.39 Å². The van der Waals surface area contributed by atoms with Crippen LogP contribution < -0.4 is 4.74 Å². The Balaban J connectivity index is 1.74. The van der Waals surface area contributed by atoms with E-state index in [4.69, 9.17) is 9.47 Å². The van der Waals surface area contributed by atoms with E-state index in [0.29, 0.717) is 43.0 Å². The van der Waals surface area contributed by atoms with Crippen molar-refractivity contribution < 1.29 is 24.5 Å². The Hall–Kier alpha value is -2.31. The summed E-state index contributed by atoms with van der Waals surface area (Å²) in [5, 5.41) is 20.8. The molecule has 6 nitrogen and oxygen atoms in total.